The Labute approximate surface area is 204 Å². The standard InChI is InChI=1S/C25H30ClFN4O3/c26-19-4-7-22(21(14-19)29-24(28)33)34-16-23(32)31-12-8-25(9-13-31,17-30-10-1-11-30)15-18-2-5-20(27)6-3-18/h2-7,14H,1,8-13,15-17H2,(H3,28,29,33)/p+1. The molecule has 0 unspecified atom stereocenters. The Morgan fingerprint density at radius 3 is 2.41 bits per heavy atom. The molecule has 2 heterocycles. The van der Waals surface area contributed by atoms with E-state index >= 15 is 0 Å². The number of quaternary nitrogens is 1. The van der Waals surface area contributed by atoms with Crippen LogP contribution in [0.1, 0.15) is 24.8 Å². The lowest BCUT2D eigenvalue weighted by Gasteiger charge is -2.46. The van der Waals surface area contributed by atoms with Gasteiger partial charge >= 0.3 is 6.03 Å². The van der Waals surface area contributed by atoms with Gasteiger partial charge in [0.2, 0.25) is 0 Å². The third kappa shape index (κ3) is 6.25. The average Bonchev–Trinajstić information content (AvgIpc) is 2.77. The Balaban J connectivity index is 1.36. The number of carbonyl (C=O) groups is 2. The molecule has 0 aromatic heterocycles. The van der Waals surface area contributed by atoms with Gasteiger partial charge in [0.25, 0.3) is 5.91 Å². The lowest BCUT2D eigenvalue weighted by atomic mass is 9.73. The highest BCUT2D eigenvalue weighted by Gasteiger charge is 2.38. The normalized spacial score (nSPS) is 17.7. The number of nitrogens with zero attached hydrogens (tertiary/aromatic N) is 2. The third-order valence-electron chi connectivity index (χ3n) is 6.74. The molecule has 2 saturated heterocycles. The van der Waals surface area contributed by atoms with Crippen LogP contribution in [0, 0.1) is 11.2 Å². The van der Waals surface area contributed by atoms with Gasteiger partial charge in [-0.1, -0.05) is 23.7 Å². The molecular weight excluding hydrogens is 459 g/mol. The fraction of sp³-hybridized carbons (Fsp3) is 0.440. The molecule has 2 aromatic carbocycles. The zero-order valence-corrected chi connectivity index (χ0v) is 20.0. The lowest BCUT2D eigenvalue weighted by Crippen LogP contribution is -2.59. The first kappa shape index (κ1) is 24.4. The summed E-state index contributed by atoms with van der Waals surface area (Å²) in [7, 11) is 0. The zero-order chi connectivity index (χ0) is 24.1. The maximum Gasteiger partial charge on any atom is 0.416 e. The molecule has 0 saturated carbocycles. The van der Waals surface area contributed by atoms with E-state index in [9.17, 15) is 14.0 Å². The van der Waals surface area contributed by atoms with E-state index < -0.39 is 6.03 Å². The number of halogens is 2. The van der Waals surface area contributed by atoms with Gasteiger partial charge in [0.05, 0.1) is 5.69 Å². The quantitative estimate of drug-likeness (QED) is 0.596. The molecule has 2 aromatic rings. The van der Waals surface area contributed by atoms with E-state index in [-0.39, 0.29) is 23.7 Å². The van der Waals surface area contributed by atoms with Crippen molar-refractivity contribution < 1.29 is 24.5 Å². The van der Waals surface area contributed by atoms with Crippen LogP contribution in [-0.2, 0) is 11.2 Å². The Hall–Kier alpha value is -2.68. The summed E-state index contributed by atoms with van der Waals surface area (Å²) in [5.41, 5.74) is 4.89. The van der Waals surface area contributed by atoms with Crippen LogP contribution in [0.3, 0.4) is 0 Å². The van der Waals surface area contributed by atoms with Gasteiger partial charge < -0.3 is 14.5 Å². The van der Waals surface area contributed by atoms with Gasteiger partial charge in [-0.3, -0.25) is 15.8 Å². The maximum atomic E-state index is 13.4. The first-order valence-electron chi connectivity index (χ1n) is 11.6. The summed E-state index contributed by atoms with van der Waals surface area (Å²) in [4.78, 5) is 28.6. The molecule has 9 heteroatoms. The van der Waals surface area contributed by atoms with Gasteiger partial charge in [0, 0.05) is 24.7 Å². The highest BCUT2D eigenvalue weighted by Crippen LogP contribution is 2.37. The fourth-order valence-electron chi connectivity index (χ4n) is 4.78. The molecule has 2 aliphatic heterocycles. The number of hydrogen-bond acceptors (Lipinski definition) is 4. The van der Waals surface area contributed by atoms with Gasteiger partial charge in [-0.2, -0.15) is 0 Å². The second-order valence-corrected chi connectivity index (χ2v) is 9.73. The van der Waals surface area contributed by atoms with Crippen LogP contribution in [0.25, 0.3) is 0 Å². The van der Waals surface area contributed by atoms with Crippen LogP contribution in [0.15, 0.2) is 42.5 Å². The summed E-state index contributed by atoms with van der Waals surface area (Å²) >= 11 is 6.00. The molecule has 2 aliphatic rings. The summed E-state index contributed by atoms with van der Waals surface area (Å²) in [6, 6.07) is 11.1. The van der Waals surface area contributed by atoms with Crippen molar-refractivity contribution in [2.24, 2.45) is 5.41 Å². The highest BCUT2D eigenvalue weighted by molar-refractivity contribution is 6.31. The molecule has 4 N–H and O–H groups in total. The summed E-state index contributed by atoms with van der Waals surface area (Å²) in [6.07, 6.45) is 3.88. The van der Waals surface area contributed by atoms with Gasteiger partial charge in [-0.05, 0) is 80.1 Å². The Morgan fingerprint density at radius 2 is 1.79 bits per heavy atom. The van der Waals surface area contributed by atoms with Gasteiger partial charge in [0.15, 0.2) is 6.61 Å². The van der Waals surface area contributed by atoms with Crippen LogP contribution in [0.4, 0.5) is 14.9 Å². The number of anilines is 1. The van der Waals surface area contributed by atoms with Crippen molar-refractivity contribution in [2.75, 3.05) is 44.6 Å². The molecule has 34 heavy (non-hydrogen) atoms. The Bertz CT molecular complexity index is 1020. The SMILES string of the molecule is [NH3+]C(=O)Nc1cc(Cl)ccc1OCC(=O)N1CCC(Cc2ccc(F)cc2)(CN2CCC2)CC1. The maximum absolute atomic E-state index is 13.4. The van der Waals surface area contributed by atoms with Gasteiger partial charge in [-0.15, -0.1) is 0 Å². The second kappa shape index (κ2) is 10.7. The van der Waals surface area contributed by atoms with Crippen molar-refractivity contribution in [1.29, 1.82) is 0 Å². The van der Waals surface area contributed by atoms with Gasteiger partial charge in [-0.25, -0.2) is 9.18 Å². The molecule has 0 aliphatic carbocycles. The summed E-state index contributed by atoms with van der Waals surface area (Å²) in [6.45, 7) is 4.42. The van der Waals surface area contributed by atoms with Gasteiger partial charge in [0.1, 0.15) is 11.6 Å². The topological polar surface area (TPSA) is 89.5 Å². The highest BCUT2D eigenvalue weighted by atomic mass is 35.5. The Morgan fingerprint density at radius 1 is 1.09 bits per heavy atom. The molecule has 0 radical (unpaired) electrons. The fourth-order valence-corrected chi connectivity index (χ4v) is 4.95. The van der Waals surface area contributed by atoms with Crippen molar-refractivity contribution in [1.82, 2.24) is 9.80 Å². The van der Waals surface area contributed by atoms with Crippen LogP contribution in [0.5, 0.6) is 5.75 Å². The Kier molecular flexibility index (Phi) is 7.70. The number of likely N-dealkylation sites (tertiary alicyclic amines) is 2. The van der Waals surface area contributed by atoms with E-state index in [1.54, 1.807) is 18.2 Å². The number of piperidine rings is 1. The molecule has 3 amide bonds. The summed E-state index contributed by atoms with van der Waals surface area (Å²) in [5.74, 6) is 0.0518. The van der Waals surface area contributed by atoms with Crippen molar-refractivity contribution >= 4 is 29.2 Å². The van der Waals surface area contributed by atoms with E-state index in [1.165, 1.54) is 18.6 Å². The number of nitrogens with one attached hydrogen (secondary N) is 1. The number of urea groups is 1. The van der Waals surface area contributed by atoms with Crippen molar-refractivity contribution in [3.63, 3.8) is 0 Å². The van der Waals surface area contributed by atoms with E-state index in [1.807, 2.05) is 17.0 Å². The largest absolute Gasteiger partial charge is 0.482 e. The molecule has 0 spiro atoms. The molecular formula is C25H31ClFN4O3+. The molecule has 0 bridgehead atoms. The number of rotatable bonds is 8. The average molecular weight is 490 g/mol. The predicted octanol–water partition coefficient (Wildman–Crippen LogP) is 3.19. The molecule has 2 fully saturated rings. The van der Waals surface area contributed by atoms with E-state index in [2.05, 4.69) is 16.0 Å². The van der Waals surface area contributed by atoms with Crippen molar-refractivity contribution in [2.45, 2.75) is 25.7 Å². The van der Waals surface area contributed by atoms with Crippen LogP contribution >= 0.6 is 11.6 Å². The molecule has 182 valence electrons. The van der Waals surface area contributed by atoms with E-state index in [4.69, 9.17) is 16.3 Å². The minimum absolute atomic E-state index is 0.0671. The minimum atomic E-state index is -0.492. The number of benzene rings is 2. The minimum Gasteiger partial charge on any atom is -0.482 e. The monoisotopic (exact) mass is 489 g/mol. The molecule has 4 rings (SSSR count). The summed E-state index contributed by atoms with van der Waals surface area (Å²) < 4.78 is 19.1. The number of ether oxygens (including phenoxy) is 1. The molecule has 0 atom stereocenters. The van der Waals surface area contributed by atoms with E-state index in [0.29, 0.717) is 29.5 Å². The predicted molar refractivity (Wildman–Crippen MR) is 128 cm³/mol. The second-order valence-electron chi connectivity index (χ2n) is 9.29. The molecule has 7 nitrogen and oxygen atoms in total. The lowest BCUT2D eigenvalue weighted by molar-refractivity contribution is -0.242. The van der Waals surface area contributed by atoms with Crippen LogP contribution < -0.4 is 15.8 Å². The van der Waals surface area contributed by atoms with Crippen LogP contribution in [0.2, 0.25) is 5.02 Å². The number of carbonyl (C=O) groups excluding carboxylic acids is 2. The first-order chi connectivity index (χ1) is 16.3. The number of amides is 3. The first-order valence-corrected chi connectivity index (χ1v) is 12.0. The smallest absolute Gasteiger partial charge is 0.416 e. The zero-order valence-electron chi connectivity index (χ0n) is 19.2. The summed E-state index contributed by atoms with van der Waals surface area (Å²) in [5, 5.41) is 3.01. The van der Waals surface area contributed by atoms with Crippen LogP contribution in [-0.4, -0.2) is 61.1 Å². The van der Waals surface area contributed by atoms with Crippen molar-refractivity contribution in [3.8, 4) is 5.75 Å². The van der Waals surface area contributed by atoms with Crippen molar-refractivity contribution in [3.05, 3.63) is 58.9 Å². The number of hydrogen-bond donors (Lipinski definition) is 2. The van der Waals surface area contributed by atoms with E-state index in [0.717, 1.165) is 44.5 Å². The third-order valence-corrected chi connectivity index (χ3v) is 6.98.